The van der Waals surface area contributed by atoms with E-state index < -0.39 is 17.4 Å². The summed E-state index contributed by atoms with van der Waals surface area (Å²) < 4.78 is 5.06. The Balaban J connectivity index is 1.92. The van der Waals surface area contributed by atoms with Gasteiger partial charge in [0.1, 0.15) is 5.54 Å². The van der Waals surface area contributed by atoms with E-state index in [0.29, 0.717) is 5.56 Å². The minimum absolute atomic E-state index is 0.191. The van der Waals surface area contributed by atoms with Crippen molar-refractivity contribution in [2.75, 3.05) is 6.61 Å². The normalized spacial score (nSPS) is 16.3. The van der Waals surface area contributed by atoms with Gasteiger partial charge in [-0.25, -0.2) is 4.79 Å². The van der Waals surface area contributed by atoms with E-state index in [4.69, 9.17) is 4.74 Å². The van der Waals surface area contributed by atoms with Gasteiger partial charge in [-0.1, -0.05) is 17.7 Å². The highest BCUT2D eigenvalue weighted by Gasteiger charge is 2.43. The molecular formula is C17H20N2O3. The first-order valence-corrected chi connectivity index (χ1v) is 7.32. The first-order valence-electron chi connectivity index (χ1n) is 7.32. The van der Waals surface area contributed by atoms with Gasteiger partial charge in [0, 0.05) is 0 Å². The summed E-state index contributed by atoms with van der Waals surface area (Å²) in [5.41, 5.74) is 1.34. The number of amides is 1. The lowest BCUT2D eigenvalue weighted by Crippen LogP contribution is -2.48. The van der Waals surface area contributed by atoms with E-state index in [2.05, 4.69) is 11.4 Å². The Morgan fingerprint density at radius 1 is 1.41 bits per heavy atom. The van der Waals surface area contributed by atoms with Crippen molar-refractivity contribution >= 4 is 11.9 Å². The monoisotopic (exact) mass is 300 g/mol. The Kier molecular flexibility index (Phi) is 4.51. The summed E-state index contributed by atoms with van der Waals surface area (Å²) >= 11 is 0. The highest BCUT2D eigenvalue weighted by molar-refractivity contribution is 5.93. The lowest BCUT2D eigenvalue weighted by Gasteiger charge is -2.22. The molecule has 22 heavy (non-hydrogen) atoms. The molecular weight excluding hydrogens is 280 g/mol. The topological polar surface area (TPSA) is 79.2 Å². The molecule has 0 spiro atoms. The highest BCUT2D eigenvalue weighted by atomic mass is 16.5. The number of hydrogen-bond acceptors (Lipinski definition) is 4. The second-order valence-corrected chi connectivity index (χ2v) is 6.03. The number of nitriles is 1. The summed E-state index contributed by atoms with van der Waals surface area (Å²) in [6.07, 6.45) is 1.87. The van der Waals surface area contributed by atoms with Crippen molar-refractivity contribution in [2.24, 2.45) is 5.92 Å². The van der Waals surface area contributed by atoms with Gasteiger partial charge in [0.25, 0.3) is 5.91 Å². The zero-order valence-corrected chi connectivity index (χ0v) is 13.1. The van der Waals surface area contributed by atoms with Gasteiger partial charge in [-0.3, -0.25) is 4.79 Å². The maximum absolute atomic E-state index is 12.0. The predicted molar refractivity (Wildman–Crippen MR) is 81.1 cm³/mol. The van der Waals surface area contributed by atoms with E-state index in [1.807, 2.05) is 26.0 Å². The Labute approximate surface area is 130 Å². The van der Waals surface area contributed by atoms with Gasteiger partial charge in [0.2, 0.25) is 0 Å². The van der Waals surface area contributed by atoms with Crippen LogP contribution in [0.15, 0.2) is 18.2 Å². The molecule has 0 radical (unpaired) electrons. The van der Waals surface area contributed by atoms with E-state index in [1.54, 1.807) is 13.0 Å². The summed E-state index contributed by atoms with van der Waals surface area (Å²) in [4.78, 5) is 23.9. The molecule has 0 saturated heterocycles. The minimum Gasteiger partial charge on any atom is -0.452 e. The number of esters is 1. The Morgan fingerprint density at radius 2 is 2.09 bits per heavy atom. The van der Waals surface area contributed by atoms with E-state index in [0.717, 1.165) is 24.0 Å². The van der Waals surface area contributed by atoms with E-state index in [9.17, 15) is 14.9 Å². The largest absolute Gasteiger partial charge is 0.452 e. The van der Waals surface area contributed by atoms with Crippen molar-refractivity contribution in [3.8, 4) is 6.07 Å². The molecule has 1 aliphatic carbocycles. The number of rotatable bonds is 5. The molecule has 1 fully saturated rings. The van der Waals surface area contributed by atoms with Crippen molar-refractivity contribution in [3.63, 3.8) is 0 Å². The lowest BCUT2D eigenvalue weighted by molar-refractivity contribution is -0.125. The smallest absolute Gasteiger partial charge is 0.338 e. The van der Waals surface area contributed by atoms with Gasteiger partial charge in [-0.15, -0.1) is 0 Å². The van der Waals surface area contributed by atoms with Crippen LogP contribution >= 0.6 is 0 Å². The molecule has 1 aromatic carbocycles. The number of hydrogen-bond donors (Lipinski definition) is 1. The molecule has 0 heterocycles. The quantitative estimate of drug-likeness (QED) is 0.846. The number of nitrogens with one attached hydrogen (secondary N) is 1. The molecule has 0 aromatic heterocycles. The average molecular weight is 300 g/mol. The Bertz CT molecular complexity index is 644. The fourth-order valence-electron chi connectivity index (χ4n) is 2.37. The van der Waals surface area contributed by atoms with Gasteiger partial charge in [0.05, 0.1) is 11.6 Å². The second kappa shape index (κ2) is 6.18. The summed E-state index contributed by atoms with van der Waals surface area (Å²) in [6.45, 7) is 5.03. The summed E-state index contributed by atoms with van der Waals surface area (Å²) in [5.74, 6) is -0.785. The van der Waals surface area contributed by atoms with Crippen LogP contribution in [-0.4, -0.2) is 24.0 Å². The third kappa shape index (κ3) is 3.64. The molecule has 0 aliphatic heterocycles. The molecule has 1 N–H and O–H groups in total. The summed E-state index contributed by atoms with van der Waals surface area (Å²) in [7, 11) is 0. The third-order valence-electron chi connectivity index (χ3n) is 3.97. The van der Waals surface area contributed by atoms with Crippen LogP contribution in [0.3, 0.4) is 0 Å². The van der Waals surface area contributed by atoms with Gasteiger partial charge in [-0.2, -0.15) is 5.26 Å². The zero-order chi connectivity index (χ0) is 16.3. The minimum atomic E-state index is -0.872. The number of carbonyl (C=O) groups excluding carboxylic acids is 2. The van der Waals surface area contributed by atoms with Crippen LogP contribution in [0.2, 0.25) is 0 Å². The second-order valence-electron chi connectivity index (χ2n) is 6.03. The summed E-state index contributed by atoms with van der Waals surface area (Å²) in [5, 5.41) is 11.9. The fraction of sp³-hybridized carbons (Fsp3) is 0.471. The van der Waals surface area contributed by atoms with Gasteiger partial charge in [-0.05, 0) is 51.2 Å². The molecule has 1 aromatic rings. The number of nitrogens with zero attached hydrogens (tertiary/aromatic N) is 1. The van der Waals surface area contributed by atoms with Crippen LogP contribution in [0.1, 0.15) is 41.3 Å². The molecule has 5 nitrogen and oxygen atoms in total. The molecule has 116 valence electrons. The fourth-order valence-corrected chi connectivity index (χ4v) is 2.37. The van der Waals surface area contributed by atoms with Crippen molar-refractivity contribution in [2.45, 2.75) is 39.2 Å². The predicted octanol–water partition coefficient (Wildman–Crippen LogP) is 2.27. The van der Waals surface area contributed by atoms with E-state index in [1.165, 1.54) is 0 Å². The molecule has 0 unspecified atom stereocenters. The SMILES string of the molecule is Cc1ccc(C)c(C(=O)OCC(=O)N[C@](C)(C#N)C2CC2)c1. The first-order chi connectivity index (χ1) is 10.4. The molecule has 1 amide bonds. The van der Waals surface area contributed by atoms with Crippen molar-refractivity contribution < 1.29 is 14.3 Å². The molecule has 2 rings (SSSR count). The number of benzene rings is 1. The molecule has 1 saturated carbocycles. The lowest BCUT2D eigenvalue weighted by atomic mass is 9.98. The first kappa shape index (κ1) is 16.0. The maximum Gasteiger partial charge on any atom is 0.338 e. The maximum atomic E-state index is 12.0. The van der Waals surface area contributed by atoms with Crippen LogP contribution in [0.5, 0.6) is 0 Å². The molecule has 1 aliphatic rings. The van der Waals surface area contributed by atoms with Crippen LogP contribution < -0.4 is 5.32 Å². The van der Waals surface area contributed by atoms with Crippen LogP contribution in [-0.2, 0) is 9.53 Å². The standard InChI is InChI=1S/C17H20N2O3/c1-11-4-5-12(2)14(8-11)16(21)22-9-15(20)19-17(3,10-18)13-6-7-13/h4-5,8,13H,6-7,9H2,1-3H3,(H,19,20)/t17-/m1/s1. The molecule has 1 atom stereocenters. The molecule has 5 heteroatoms. The van der Waals surface area contributed by atoms with Gasteiger partial charge in [0.15, 0.2) is 6.61 Å². The molecule has 0 bridgehead atoms. The van der Waals surface area contributed by atoms with E-state index >= 15 is 0 Å². The Hall–Kier alpha value is -2.35. The highest BCUT2D eigenvalue weighted by Crippen LogP contribution is 2.39. The third-order valence-corrected chi connectivity index (χ3v) is 3.97. The van der Waals surface area contributed by atoms with Crippen LogP contribution in [0.25, 0.3) is 0 Å². The Morgan fingerprint density at radius 3 is 2.68 bits per heavy atom. The van der Waals surface area contributed by atoms with Crippen molar-refractivity contribution in [3.05, 3.63) is 34.9 Å². The summed E-state index contributed by atoms with van der Waals surface area (Å²) in [6, 6.07) is 7.62. The van der Waals surface area contributed by atoms with Gasteiger partial charge >= 0.3 is 5.97 Å². The van der Waals surface area contributed by atoms with Crippen LogP contribution in [0.4, 0.5) is 0 Å². The van der Waals surface area contributed by atoms with Crippen LogP contribution in [0, 0.1) is 31.1 Å². The van der Waals surface area contributed by atoms with Gasteiger partial charge < -0.3 is 10.1 Å². The number of aryl methyl sites for hydroxylation is 2. The zero-order valence-electron chi connectivity index (χ0n) is 13.1. The van der Waals surface area contributed by atoms with Crippen molar-refractivity contribution in [1.82, 2.24) is 5.32 Å². The van der Waals surface area contributed by atoms with E-state index in [-0.39, 0.29) is 12.5 Å². The number of ether oxygens (including phenoxy) is 1. The average Bonchev–Trinajstić information content (AvgIpc) is 3.32. The number of carbonyl (C=O) groups is 2. The van der Waals surface area contributed by atoms with Crippen molar-refractivity contribution in [1.29, 1.82) is 5.26 Å².